The Morgan fingerprint density at radius 2 is 2.14 bits per heavy atom. The van der Waals surface area contributed by atoms with E-state index in [1.54, 1.807) is 0 Å². The Labute approximate surface area is 91.3 Å². The van der Waals surface area contributed by atoms with Crippen LogP contribution in [0.25, 0.3) is 0 Å². The van der Waals surface area contributed by atoms with Crippen LogP contribution in [-0.4, -0.2) is 11.2 Å². The number of hydrogen-bond donors (Lipinski definition) is 2. The number of halogens is 1. The molecule has 0 atom stereocenters. The largest absolute Gasteiger partial charge is 0.465 e. The van der Waals surface area contributed by atoms with Crippen molar-refractivity contribution in [2.45, 2.75) is 19.4 Å². The van der Waals surface area contributed by atoms with Gasteiger partial charge in [0.25, 0.3) is 0 Å². The van der Waals surface area contributed by atoms with Gasteiger partial charge in [0.15, 0.2) is 0 Å². The summed E-state index contributed by atoms with van der Waals surface area (Å²) in [6.45, 7) is 3.64. The standard InChI is InChI=1S/C10H12BrNO2/c1-10(2,12-9(13)14)7-4-3-5-8(11)6-7/h3-6,12H,1-2H3,(H,13,14). The van der Waals surface area contributed by atoms with Crippen LogP contribution in [0.15, 0.2) is 28.7 Å². The Hall–Kier alpha value is -1.03. The molecule has 2 N–H and O–H groups in total. The van der Waals surface area contributed by atoms with E-state index in [1.807, 2.05) is 38.1 Å². The van der Waals surface area contributed by atoms with Crippen molar-refractivity contribution in [1.29, 1.82) is 0 Å². The van der Waals surface area contributed by atoms with Crippen LogP contribution >= 0.6 is 15.9 Å². The highest BCUT2D eigenvalue weighted by Gasteiger charge is 2.22. The summed E-state index contributed by atoms with van der Waals surface area (Å²) in [5, 5.41) is 11.1. The number of nitrogens with one attached hydrogen (secondary N) is 1. The second-order valence-corrected chi connectivity index (χ2v) is 4.48. The lowest BCUT2D eigenvalue weighted by Crippen LogP contribution is -2.40. The SMILES string of the molecule is CC(C)(NC(=O)O)c1cccc(Br)c1. The molecule has 0 aliphatic heterocycles. The van der Waals surface area contributed by atoms with Gasteiger partial charge >= 0.3 is 6.09 Å². The lowest BCUT2D eigenvalue weighted by Gasteiger charge is -2.25. The zero-order valence-electron chi connectivity index (χ0n) is 8.04. The highest BCUT2D eigenvalue weighted by Crippen LogP contribution is 2.22. The van der Waals surface area contributed by atoms with Gasteiger partial charge in [-0.3, -0.25) is 0 Å². The molecular weight excluding hydrogens is 246 g/mol. The summed E-state index contributed by atoms with van der Waals surface area (Å²) in [5.74, 6) is 0. The van der Waals surface area contributed by atoms with E-state index < -0.39 is 11.6 Å². The molecule has 0 aliphatic carbocycles. The van der Waals surface area contributed by atoms with Crippen molar-refractivity contribution < 1.29 is 9.90 Å². The van der Waals surface area contributed by atoms with Crippen LogP contribution in [0.3, 0.4) is 0 Å². The summed E-state index contributed by atoms with van der Waals surface area (Å²) < 4.78 is 0.940. The van der Waals surface area contributed by atoms with E-state index in [9.17, 15) is 4.79 Å². The smallest absolute Gasteiger partial charge is 0.405 e. The maximum absolute atomic E-state index is 10.6. The minimum absolute atomic E-state index is 0.574. The van der Waals surface area contributed by atoms with Crippen LogP contribution in [0.5, 0.6) is 0 Å². The van der Waals surface area contributed by atoms with E-state index in [-0.39, 0.29) is 0 Å². The van der Waals surface area contributed by atoms with Crippen LogP contribution < -0.4 is 5.32 Å². The normalized spacial score (nSPS) is 11.1. The van der Waals surface area contributed by atoms with Gasteiger partial charge in [-0.05, 0) is 31.5 Å². The third kappa shape index (κ3) is 2.73. The second-order valence-electron chi connectivity index (χ2n) is 3.57. The van der Waals surface area contributed by atoms with Gasteiger partial charge in [0.1, 0.15) is 0 Å². The van der Waals surface area contributed by atoms with Crippen LogP contribution in [-0.2, 0) is 5.54 Å². The lowest BCUT2D eigenvalue weighted by atomic mass is 9.95. The molecule has 0 spiro atoms. The van der Waals surface area contributed by atoms with E-state index >= 15 is 0 Å². The molecule has 0 fully saturated rings. The summed E-state index contributed by atoms with van der Waals surface area (Å²) in [6.07, 6.45) is -1.02. The van der Waals surface area contributed by atoms with Gasteiger partial charge in [-0.25, -0.2) is 4.79 Å². The molecule has 0 aliphatic rings. The van der Waals surface area contributed by atoms with E-state index in [2.05, 4.69) is 21.2 Å². The van der Waals surface area contributed by atoms with Crippen molar-refractivity contribution in [2.24, 2.45) is 0 Å². The Kier molecular flexibility index (Phi) is 3.16. The van der Waals surface area contributed by atoms with Crippen LogP contribution in [0.2, 0.25) is 0 Å². The molecule has 0 saturated carbocycles. The molecule has 1 aromatic rings. The summed E-state index contributed by atoms with van der Waals surface area (Å²) in [7, 11) is 0. The highest BCUT2D eigenvalue weighted by molar-refractivity contribution is 9.10. The Morgan fingerprint density at radius 1 is 1.50 bits per heavy atom. The van der Waals surface area contributed by atoms with Gasteiger partial charge in [-0.15, -0.1) is 0 Å². The average Bonchev–Trinajstić information content (AvgIpc) is 2.01. The van der Waals surface area contributed by atoms with Crippen LogP contribution in [0.4, 0.5) is 4.79 Å². The van der Waals surface area contributed by atoms with E-state index in [4.69, 9.17) is 5.11 Å². The lowest BCUT2D eigenvalue weighted by molar-refractivity contribution is 0.182. The van der Waals surface area contributed by atoms with Crippen molar-refractivity contribution in [3.63, 3.8) is 0 Å². The van der Waals surface area contributed by atoms with Gasteiger partial charge < -0.3 is 10.4 Å². The third-order valence-electron chi connectivity index (χ3n) is 1.97. The highest BCUT2D eigenvalue weighted by atomic mass is 79.9. The zero-order valence-corrected chi connectivity index (χ0v) is 9.63. The van der Waals surface area contributed by atoms with Gasteiger partial charge in [0.2, 0.25) is 0 Å². The predicted octanol–water partition coefficient (Wildman–Crippen LogP) is 2.95. The Bertz CT molecular complexity index is 350. The number of rotatable bonds is 2. The van der Waals surface area contributed by atoms with Gasteiger partial charge in [-0.2, -0.15) is 0 Å². The number of carboxylic acid groups (broad SMARTS) is 1. The number of carbonyl (C=O) groups is 1. The molecule has 0 saturated heterocycles. The first-order chi connectivity index (χ1) is 6.42. The third-order valence-corrected chi connectivity index (χ3v) is 2.46. The monoisotopic (exact) mass is 257 g/mol. The van der Waals surface area contributed by atoms with Gasteiger partial charge in [-0.1, -0.05) is 28.1 Å². The van der Waals surface area contributed by atoms with Crippen molar-refractivity contribution in [3.05, 3.63) is 34.3 Å². The summed E-state index contributed by atoms with van der Waals surface area (Å²) >= 11 is 3.35. The average molecular weight is 258 g/mol. The van der Waals surface area contributed by atoms with Crippen molar-refractivity contribution in [3.8, 4) is 0 Å². The fourth-order valence-corrected chi connectivity index (χ4v) is 1.62. The fourth-order valence-electron chi connectivity index (χ4n) is 1.22. The summed E-state index contributed by atoms with van der Waals surface area (Å²) in [6, 6.07) is 7.57. The molecule has 0 aromatic heterocycles. The molecule has 1 amide bonds. The molecular formula is C10H12BrNO2. The van der Waals surface area contributed by atoms with Crippen LogP contribution in [0.1, 0.15) is 19.4 Å². The topological polar surface area (TPSA) is 49.3 Å². The van der Waals surface area contributed by atoms with E-state index in [1.165, 1.54) is 0 Å². The van der Waals surface area contributed by atoms with Crippen LogP contribution in [0, 0.1) is 0 Å². The second kappa shape index (κ2) is 4.00. The molecule has 3 nitrogen and oxygen atoms in total. The van der Waals surface area contributed by atoms with Crippen molar-refractivity contribution in [1.82, 2.24) is 5.32 Å². The van der Waals surface area contributed by atoms with Gasteiger partial charge in [0, 0.05) is 4.47 Å². The first-order valence-electron chi connectivity index (χ1n) is 4.19. The summed E-state index contributed by atoms with van der Waals surface area (Å²) in [5.41, 5.74) is 0.351. The Balaban J connectivity index is 2.97. The van der Waals surface area contributed by atoms with E-state index in [0.717, 1.165) is 10.0 Å². The first kappa shape index (κ1) is 11.0. The van der Waals surface area contributed by atoms with Gasteiger partial charge in [0.05, 0.1) is 5.54 Å². The minimum Gasteiger partial charge on any atom is -0.465 e. The van der Waals surface area contributed by atoms with Crippen molar-refractivity contribution >= 4 is 22.0 Å². The molecule has 76 valence electrons. The Morgan fingerprint density at radius 3 is 2.64 bits per heavy atom. The molecule has 14 heavy (non-hydrogen) atoms. The molecule has 0 radical (unpaired) electrons. The molecule has 0 unspecified atom stereocenters. The number of hydrogen-bond acceptors (Lipinski definition) is 1. The van der Waals surface area contributed by atoms with E-state index in [0.29, 0.717) is 0 Å². The molecule has 0 bridgehead atoms. The molecule has 0 heterocycles. The first-order valence-corrected chi connectivity index (χ1v) is 4.98. The summed E-state index contributed by atoms with van der Waals surface area (Å²) in [4.78, 5) is 10.6. The van der Waals surface area contributed by atoms with Crippen molar-refractivity contribution in [2.75, 3.05) is 0 Å². The zero-order chi connectivity index (χ0) is 10.8. The maximum Gasteiger partial charge on any atom is 0.405 e. The number of benzene rings is 1. The molecule has 1 rings (SSSR count). The molecule has 1 aromatic carbocycles. The number of amides is 1. The predicted molar refractivity (Wildman–Crippen MR) is 58.3 cm³/mol. The fraction of sp³-hybridized carbons (Fsp3) is 0.300. The quantitative estimate of drug-likeness (QED) is 0.856. The maximum atomic E-state index is 10.6. The minimum atomic E-state index is -1.02. The molecule has 4 heteroatoms.